The molecule has 270 valence electrons. The number of ether oxygens (including phenoxy) is 2. The van der Waals surface area contributed by atoms with Gasteiger partial charge in [-0.2, -0.15) is 0 Å². The van der Waals surface area contributed by atoms with Crippen molar-refractivity contribution < 1.29 is 38.6 Å². The molecule has 13 nitrogen and oxygen atoms in total. The van der Waals surface area contributed by atoms with Crippen molar-refractivity contribution in [3.63, 3.8) is 0 Å². The van der Waals surface area contributed by atoms with Gasteiger partial charge in [0.1, 0.15) is 29.0 Å². The summed E-state index contributed by atoms with van der Waals surface area (Å²) in [6, 6.07) is 10.00. The Bertz CT molecular complexity index is 1430. The third kappa shape index (κ3) is 15.8. The number of carbonyl (C=O) groups excluding carboxylic acids is 5. The molecule has 0 fully saturated rings. The molecule has 0 aliphatic carbocycles. The van der Waals surface area contributed by atoms with Crippen molar-refractivity contribution in [3.05, 3.63) is 64.7 Å². The number of alkyl carbamates (subject to hydrolysis) is 2. The minimum atomic E-state index is -1.09. The molecule has 3 atom stereocenters. The van der Waals surface area contributed by atoms with Gasteiger partial charge in [-0.15, -0.1) is 0 Å². The summed E-state index contributed by atoms with van der Waals surface area (Å²) in [6.07, 6.45) is -0.913. The summed E-state index contributed by atoms with van der Waals surface area (Å²) in [5.41, 5.74) is 1.70. The molecule has 0 saturated heterocycles. The Morgan fingerprint density at radius 3 is 1.90 bits per heavy atom. The Balaban J connectivity index is 2.08. The molecular weight excluding hydrogens is 630 g/mol. The van der Waals surface area contributed by atoms with Crippen LogP contribution >= 0.6 is 0 Å². The first kappa shape index (κ1) is 40.4. The summed E-state index contributed by atoms with van der Waals surface area (Å²) in [4.78, 5) is 64.1. The van der Waals surface area contributed by atoms with Crippen molar-refractivity contribution in [1.82, 2.24) is 26.6 Å². The Morgan fingerprint density at radius 1 is 0.755 bits per heavy atom. The standard InChI is InChI=1S/C36H53N5O8/c1-22-17-27(42)18-23(2)28(22)20-29(41-34(47)49-36(7,8)9)32(45)39-24(3)31(44)38-21-26(19-25-13-11-10-12-14-25)40-30(43)15-16-37-33(46)48-35(4,5)6/h10-14,17-18,24,26,29,42H,15-16,19-21H2,1-9H3,(H,37,46)(H,38,44)(H,39,45)(H,40,43)(H,41,47)/t24-,26+,29+/m1/s1. The Labute approximate surface area is 289 Å². The Morgan fingerprint density at radius 2 is 1.33 bits per heavy atom. The molecule has 2 aromatic rings. The quantitative estimate of drug-likeness (QED) is 0.174. The van der Waals surface area contributed by atoms with E-state index in [9.17, 15) is 29.1 Å². The van der Waals surface area contributed by atoms with Crippen LogP contribution in [0.15, 0.2) is 42.5 Å². The normalized spacial score (nSPS) is 13.2. The van der Waals surface area contributed by atoms with Gasteiger partial charge in [0.25, 0.3) is 0 Å². The van der Waals surface area contributed by atoms with Gasteiger partial charge in [-0.1, -0.05) is 30.3 Å². The van der Waals surface area contributed by atoms with E-state index in [0.717, 1.165) is 22.3 Å². The summed E-state index contributed by atoms with van der Waals surface area (Å²) in [7, 11) is 0. The second-order valence-corrected chi connectivity index (χ2v) is 14.1. The molecule has 6 N–H and O–H groups in total. The fourth-order valence-electron chi connectivity index (χ4n) is 4.88. The molecule has 49 heavy (non-hydrogen) atoms. The largest absolute Gasteiger partial charge is 0.508 e. The van der Waals surface area contributed by atoms with Crippen molar-refractivity contribution in [1.29, 1.82) is 0 Å². The van der Waals surface area contributed by atoms with Crippen LogP contribution in [0, 0.1) is 13.8 Å². The lowest BCUT2D eigenvalue weighted by atomic mass is 9.95. The van der Waals surface area contributed by atoms with E-state index in [0.29, 0.717) is 6.42 Å². The van der Waals surface area contributed by atoms with Crippen molar-refractivity contribution in [3.8, 4) is 5.75 Å². The number of phenolic OH excluding ortho intramolecular Hbond substituents is 1. The van der Waals surface area contributed by atoms with E-state index in [1.165, 1.54) is 6.92 Å². The number of rotatable bonds is 14. The third-order valence-electron chi connectivity index (χ3n) is 7.08. The highest BCUT2D eigenvalue weighted by molar-refractivity contribution is 5.91. The highest BCUT2D eigenvalue weighted by Gasteiger charge is 2.28. The first-order valence-corrected chi connectivity index (χ1v) is 16.4. The van der Waals surface area contributed by atoms with Gasteiger partial charge in [0.2, 0.25) is 17.7 Å². The number of hydrogen-bond acceptors (Lipinski definition) is 8. The minimum absolute atomic E-state index is 0.00302. The lowest BCUT2D eigenvalue weighted by molar-refractivity contribution is -0.129. The molecule has 5 amide bonds. The number of hydrogen-bond donors (Lipinski definition) is 6. The van der Waals surface area contributed by atoms with Gasteiger partial charge in [-0.05, 0) is 103 Å². The maximum atomic E-state index is 13.5. The SMILES string of the molecule is Cc1cc(O)cc(C)c1C[C@H](NC(=O)OC(C)(C)C)C(=O)N[C@H](C)C(=O)NC[C@H](Cc1ccccc1)NC(=O)CCNC(=O)OC(C)(C)C. The highest BCUT2D eigenvalue weighted by Crippen LogP contribution is 2.22. The summed E-state index contributed by atoms with van der Waals surface area (Å²) >= 11 is 0. The average Bonchev–Trinajstić information content (AvgIpc) is 2.95. The number of aryl methyl sites for hydroxylation is 2. The number of aromatic hydroxyl groups is 1. The van der Waals surface area contributed by atoms with E-state index < -0.39 is 53.3 Å². The molecule has 0 aliphatic rings. The first-order valence-electron chi connectivity index (χ1n) is 16.4. The molecule has 2 aromatic carbocycles. The molecule has 0 unspecified atom stereocenters. The van der Waals surface area contributed by atoms with Crippen molar-refractivity contribution >= 4 is 29.9 Å². The van der Waals surface area contributed by atoms with E-state index >= 15 is 0 Å². The van der Waals surface area contributed by atoms with E-state index in [1.54, 1.807) is 67.5 Å². The molecule has 0 aromatic heterocycles. The van der Waals surface area contributed by atoms with Gasteiger partial charge in [-0.25, -0.2) is 9.59 Å². The van der Waals surface area contributed by atoms with Crippen LogP contribution in [-0.2, 0) is 36.7 Å². The smallest absolute Gasteiger partial charge is 0.408 e. The van der Waals surface area contributed by atoms with Gasteiger partial charge >= 0.3 is 12.2 Å². The van der Waals surface area contributed by atoms with Crippen molar-refractivity contribution in [2.24, 2.45) is 0 Å². The first-order chi connectivity index (χ1) is 22.7. The van der Waals surface area contributed by atoms with E-state index in [-0.39, 0.29) is 37.6 Å². The van der Waals surface area contributed by atoms with Crippen molar-refractivity contribution in [2.45, 2.75) is 111 Å². The molecule has 13 heteroatoms. The van der Waals surface area contributed by atoms with E-state index in [2.05, 4.69) is 26.6 Å². The molecule has 0 radical (unpaired) electrons. The van der Waals surface area contributed by atoms with Crippen LogP contribution in [-0.4, -0.2) is 77.4 Å². The molecule has 0 heterocycles. The van der Waals surface area contributed by atoms with Crippen LogP contribution in [0.5, 0.6) is 5.75 Å². The zero-order valence-corrected chi connectivity index (χ0v) is 30.1. The summed E-state index contributed by atoms with van der Waals surface area (Å²) in [5.74, 6) is -1.35. The minimum Gasteiger partial charge on any atom is -0.508 e. The zero-order chi connectivity index (χ0) is 36.9. The van der Waals surface area contributed by atoms with E-state index in [1.807, 2.05) is 30.3 Å². The number of phenols is 1. The predicted octanol–water partition coefficient (Wildman–Crippen LogP) is 3.71. The highest BCUT2D eigenvalue weighted by atomic mass is 16.6. The van der Waals surface area contributed by atoms with Crippen LogP contribution in [0.25, 0.3) is 0 Å². The third-order valence-corrected chi connectivity index (χ3v) is 7.08. The predicted molar refractivity (Wildman–Crippen MR) is 186 cm³/mol. The fourth-order valence-corrected chi connectivity index (χ4v) is 4.88. The second-order valence-electron chi connectivity index (χ2n) is 14.1. The van der Waals surface area contributed by atoms with Gasteiger partial charge < -0.3 is 41.2 Å². The lowest BCUT2D eigenvalue weighted by Crippen LogP contribution is -2.55. The van der Waals surface area contributed by atoms with Gasteiger partial charge in [0.15, 0.2) is 0 Å². The van der Waals surface area contributed by atoms with Gasteiger partial charge in [0.05, 0.1) is 6.04 Å². The van der Waals surface area contributed by atoms with Crippen LogP contribution in [0.4, 0.5) is 9.59 Å². The van der Waals surface area contributed by atoms with Crippen LogP contribution in [0.2, 0.25) is 0 Å². The summed E-state index contributed by atoms with van der Waals surface area (Å²) in [5, 5.41) is 23.5. The van der Waals surface area contributed by atoms with Crippen molar-refractivity contribution in [2.75, 3.05) is 13.1 Å². The molecule has 0 aliphatic heterocycles. The number of carbonyl (C=O) groups is 5. The van der Waals surface area contributed by atoms with Crippen LogP contribution in [0.1, 0.15) is 77.1 Å². The number of nitrogens with one attached hydrogen (secondary N) is 5. The maximum absolute atomic E-state index is 13.5. The monoisotopic (exact) mass is 683 g/mol. The number of benzene rings is 2. The Hall–Kier alpha value is -4.81. The van der Waals surface area contributed by atoms with Crippen LogP contribution < -0.4 is 26.6 Å². The molecule has 0 bridgehead atoms. The number of amides is 5. The fraction of sp³-hybridized carbons (Fsp3) is 0.528. The molecule has 0 saturated carbocycles. The lowest BCUT2D eigenvalue weighted by Gasteiger charge is -2.26. The maximum Gasteiger partial charge on any atom is 0.408 e. The van der Waals surface area contributed by atoms with E-state index in [4.69, 9.17) is 9.47 Å². The van der Waals surface area contributed by atoms with Gasteiger partial charge in [-0.3, -0.25) is 14.4 Å². The Kier molecular flexibility index (Phi) is 14.9. The molecule has 0 spiro atoms. The second kappa shape index (κ2) is 18.1. The van der Waals surface area contributed by atoms with Gasteiger partial charge in [0, 0.05) is 25.9 Å². The topological polar surface area (TPSA) is 184 Å². The zero-order valence-electron chi connectivity index (χ0n) is 30.1. The average molecular weight is 684 g/mol. The summed E-state index contributed by atoms with van der Waals surface area (Å²) in [6.45, 7) is 15.6. The molecule has 2 rings (SSSR count). The summed E-state index contributed by atoms with van der Waals surface area (Å²) < 4.78 is 10.6. The molecular formula is C36H53N5O8. The van der Waals surface area contributed by atoms with Crippen LogP contribution in [0.3, 0.4) is 0 Å².